The number of ketones is 1. The molecule has 0 bridgehead atoms. The van der Waals surface area contributed by atoms with Gasteiger partial charge in [0.2, 0.25) is 0 Å². The zero-order valence-electron chi connectivity index (χ0n) is 14.1. The molecule has 2 aromatic carbocycles. The largest absolute Gasteiger partial charge is 0.465 e. The van der Waals surface area contributed by atoms with Crippen LogP contribution in [0.3, 0.4) is 0 Å². The molecule has 0 aromatic heterocycles. The second-order valence-electron chi connectivity index (χ2n) is 5.70. The summed E-state index contributed by atoms with van der Waals surface area (Å²) in [6.07, 6.45) is -1.62. The quantitative estimate of drug-likeness (QED) is 0.694. The van der Waals surface area contributed by atoms with Crippen LogP contribution in [0.5, 0.6) is 0 Å². The van der Waals surface area contributed by atoms with Gasteiger partial charge in [0.05, 0.1) is 16.6 Å². The lowest BCUT2D eigenvalue weighted by Gasteiger charge is -2.14. The maximum atomic E-state index is 13.3. The summed E-state index contributed by atoms with van der Waals surface area (Å²) in [5, 5.41) is 13.1. The van der Waals surface area contributed by atoms with Crippen LogP contribution >= 0.6 is 11.6 Å². The summed E-state index contributed by atoms with van der Waals surface area (Å²) in [5.74, 6) is -2.97. The van der Waals surface area contributed by atoms with Crippen LogP contribution < -0.4 is 10.6 Å². The minimum Gasteiger partial charge on any atom is -0.465 e. The number of rotatable bonds is 6. The SMILES string of the molecule is CC(NC(=O)O)C(=O)Cc1cccc(Cl)c1C(=O)Nc1cc(F)cc(F)c1. The first-order valence-corrected chi connectivity index (χ1v) is 8.12. The Hall–Kier alpha value is -3.00. The molecule has 2 rings (SSSR count). The molecule has 0 aliphatic rings. The van der Waals surface area contributed by atoms with Gasteiger partial charge in [-0.2, -0.15) is 0 Å². The Morgan fingerprint density at radius 2 is 1.78 bits per heavy atom. The van der Waals surface area contributed by atoms with Crippen LogP contribution in [0.1, 0.15) is 22.8 Å². The van der Waals surface area contributed by atoms with E-state index < -0.39 is 35.5 Å². The van der Waals surface area contributed by atoms with E-state index in [1.807, 2.05) is 5.32 Å². The molecule has 0 heterocycles. The maximum Gasteiger partial charge on any atom is 0.405 e. The molecular formula is C18H15ClF2N2O4. The van der Waals surface area contributed by atoms with Crippen molar-refractivity contribution in [1.82, 2.24) is 5.32 Å². The smallest absolute Gasteiger partial charge is 0.405 e. The fourth-order valence-corrected chi connectivity index (χ4v) is 2.68. The molecule has 2 aromatic rings. The monoisotopic (exact) mass is 396 g/mol. The molecular weight excluding hydrogens is 382 g/mol. The highest BCUT2D eigenvalue weighted by atomic mass is 35.5. The maximum absolute atomic E-state index is 13.3. The van der Waals surface area contributed by atoms with Gasteiger partial charge in [0.1, 0.15) is 11.6 Å². The third kappa shape index (κ3) is 5.49. The molecule has 1 unspecified atom stereocenters. The standard InChI is InChI=1S/C18H15ClF2N2O4/c1-9(22-18(26)27)15(24)5-10-3-2-4-14(19)16(10)17(25)23-13-7-11(20)6-12(21)8-13/h2-4,6-9,22H,5H2,1H3,(H,23,25)(H,26,27). The third-order valence-corrected chi connectivity index (χ3v) is 3.95. The highest BCUT2D eigenvalue weighted by molar-refractivity contribution is 6.34. The van der Waals surface area contributed by atoms with E-state index in [0.717, 1.165) is 12.1 Å². The van der Waals surface area contributed by atoms with Crippen molar-refractivity contribution in [3.8, 4) is 0 Å². The Labute approximate surface area is 158 Å². The molecule has 0 saturated carbocycles. The number of carbonyl (C=O) groups is 3. The van der Waals surface area contributed by atoms with Gasteiger partial charge in [-0.15, -0.1) is 0 Å². The molecule has 1 atom stereocenters. The van der Waals surface area contributed by atoms with Crippen LogP contribution in [0.15, 0.2) is 36.4 Å². The zero-order valence-corrected chi connectivity index (χ0v) is 14.8. The van der Waals surface area contributed by atoms with E-state index in [-0.39, 0.29) is 28.3 Å². The average molecular weight is 397 g/mol. The van der Waals surface area contributed by atoms with E-state index in [2.05, 4.69) is 5.32 Å². The van der Waals surface area contributed by atoms with Gasteiger partial charge in [-0.25, -0.2) is 13.6 Å². The average Bonchev–Trinajstić information content (AvgIpc) is 2.53. The Bertz CT molecular complexity index is 885. The van der Waals surface area contributed by atoms with Crippen molar-refractivity contribution >= 4 is 35.1 Å². The number of nitrogens with one attached hydrogen (secondary N) is 2. The van der Waals surface area contributed by atoms with Gasteiger partial charge in [0.15, 0.2) is 5.78 Å². The minimum absolute atomic E-state index is 0.0357. The molecule has 2 amide bonds. The number of anilines is 1. The summed E-state index contributed by atoms with van der Waals surface area (Å²) >= 11 is 6.07. The molecule has 6 nitrogen and oxygen atoms in total. The van der Waals surface area contributed by atoms with Gasteiger partial charge >= 0.3 is 6.09 Å². The number of Topliss-reactive ketones (excluding diaryl/α,β-unsaturated/α-hetero) is 1. The lowest BCUT2D eigenvalue weighted by molar-refractivity contribution is -0.119. The number of hydrogen-bond acceptors (Lipinski definition) is 3. The second kappa shape index (κ2) is 8.59. The van der Waals surface area contributed by atoms with Crippen molar-refractivity contribution in [2.75, 3.05) is 5.32 Å². The molecule has 0 radical (unpaired) electrons. The molecule has 27 heavy (non-hydrogen) atoms. The Morgan fingerprint density at radius 1 is 1.15 bits per heavy atom. The number of hydrogen-bond donors (Lipinski definition) is 3. The van der Waals surface area contributed by atoms with Crippen LogP contribution in [-0.4, -0.2) is 28.9 Å². The van der Waals surface area contributed by atoms with Crippen LogP contribution in [0.25, 0.3) is 0 Å². The van der Waals surface area contributed by atoms with Crippen LogP contribution in [0.2, 0.25) is 5.02 Å². The van der Waals surface area contributed by atoms with E-state index in [4.69, 9.17) is 16.7 Å². The first-order valence-electron chi connectivity index (χ1n) is 7.74. The summed E-state index contributed by atoms with van der Waals surface area (Å²) in [7, 11) is 0. The predicted octanol–water partition coefficient (Wildman–Crippen LogP) is 3.64. The molecule has 0 fully saturated rings. The fraction of sp³-hybridized carbons (Fsp3) is 0.167. The Balaban J connectivity index is 2.27. The molecule has 3 N–H and O–H groups in total. The summed E-state index contributed by atoms with van der Waals surface area (Å²) in [5.41, 5.74) is 0.0937. The zero-order chi connectivity index (χ0) is 20.1. The normalized spacial score (nSPS) is 11.6. The molecule has 0 aliphatic heterocycles. The Kier molecular flexibility index (Phi) is 6.46. The highest BCUT2D eigenvalue weighted by Crippen LogP contribution is 2.23. The van der Waals surface area contributed by atoms with E-state index in [9.17, 15) is 23.2 Å². The third-order valence-electron chi connectivity index (χ3n) is 3.64. The summed E-state index contributed by atoms with van der Waals surface area (Å²) in [6, 6.07) is 5.97. The van der Waals surface area contributed by atoms with Gasteiger partial charge < -0.3 is 15.7 Å². The Morgan fingerprint density at radius 3 is 2.37 bits per heavy atom. The summed E-state index contributed by atoms with van der Waals surface area (Å²) < 4.78 is 26.6. The van der Waals surface area contributed by atoms with E-state index in [1.54, 1.807) is 0 Å². The van der Waals surface area contributed by atoms with Crippen molar-refractivity contribution in [2.24, 2.45) is 0 Å². The van der Waals surface area contributed by atoms with Crippen LogP contribution in [0, 0.1) is 11.6 Å². The van der Waals surface area contributed by atoms with E-state index in [0.29, 0.717) is 6.07 Å². The molecule has 9 heteroatoms. The van der Waals surface area contributed by atoms with E-state index >= 15 is 0 Å². The predicted molar refractivity (Wildman–Crippen MR) is 95.1 cm³/mol. The van der Waals surface area contributed by atoms with Crippen molar-refractivity contribution < 1.29 is 28.3 Å². The van der Waals surface area contributed by atoms with Gasteiger partial charge in [-0.1, -0.05) is 23.7 Å². The number of halogens is 3. The van der Waals surface area contributed by atoms with Gasteiger partial charge in [-0.05, 0) is 30.7 Å². The van der Waals surface area contributed by atoms with Gasteiger partial charge in [0.25, 0.3) is 5.91 Å². The van der Waals surface area contributed by atoms with Crippen LogP contribution in [-0.2, 0) is 11.2 Å². The first-order chi connectivity index (χ1) is 12.7. The summed E-state index contributed by atoms with van der Waals surface area (Å²) in [6.45, 7) is 1.37. The van der Waals surface area contributed by atoms with Gasteiger partial charge in [0, 0.05) is 18.2 Å². The van der Waals surface area contributed by atoms with Crippen molar-refractivity contribution in [3.63, 3.8) is 0 Å². The minimum atomic E-state index is -1.35. The van der Waals surface area contributed by atoms with Crippen molar-refractivity contribution in [1.29, 1.82) is 0 Å². The first kappa shape index (κ1) is 20.3. The fourth-order valence-electron chi connectivity index (χ4n) is 2.40. The van der Waals surface area contributed by atoms with Gasteiger partial charge in [-0.3, -0.25) is 9.59 Å². The second-order valence-corrected chi connectivity index (χ2v) is 6.11. The lowest BCUT2D eigenvalue weighted by Crippen LogP contribution is -2.38. The summed E-state index contributed by atoms with van der Waals surface area (Å²) in [4.78, 5) is 35.4. The number of benzene rings is 2. The number of carbonyl (C=O) groups excluding carboxylic acids is 2. The number of carboxylic acid groups (broad SMARTS) is 1. The highest BCUT2D eigenvalue weighted by Gasteiger charge is 2.21. The van der Waals surface area contributed by atoms with Crippen molar-refractivity contribution in [3.05, 3.63) is 64.2 Å². The van der Waals surface area contributed by atoms with E-state index in [1.165, 1.54) is 25.1 Å². The van der Waals surface area contributed by atoms with Crippen LogP contribution in [0.4, 0.5) is 19.3 Å². The number of amides is 2. The lowest BCUT2D eigenvalue weighted by atomic mass is 9.99. The topological polar surface area (TPSA) is 95.5 Å². The molecule has 0 aliphatic carbocycles. The molecule has 0 saturated heterocycles. The molecule has 142 valence electrons. The van der Waals surface area contributed by atoms with Crippen molar-refractivity contribution in [2.45, 2.75) is 19.4 Å². The molecule has 0 spiro atoms.